The van der Waals surface area contributed by atoms with Crippen LogP contribution in [0.5, 0.6) is 5.75 Å². The molecule has 0 fully saturated rings. The molecule has 2 aromatic carbocycles. The quantitative estimate of drug-likeness (QED) is 0.678. The van der Waals surface area contributed by atoms with Crippen molar-refractivity contribution in [3.63, 3.8) is 0 Å². The van der Waals surface area contributed by atoms with Crippen LogP contribution in [0.4, 0.5) is 0 Å². The van der Waals surface area contributed by atoms with Gasteiger partial charge < -0.3 is 4.74 Å². The van der Waals surface area contributed by atoms with E-state index in [9.17, 15) is 0 Å². The fraction of sp³-hybridized carbons (Fsp3) is 0.200. The summed E-state index contributed by atoms with van der Waals surface area (Å²) in [5.74, 6) is 0.942. The zero-order valence-electron chi connectivity index (χ0n) is 10.1. The lowest BCUT2D eigenvalue weighted by Gasteiger charge is -2.13. The molecular formula is C15H14Br2O. The number of halogens is 2. The predicted molar refractivity (Wildman–Crippen MR) is 82.5 cm³/mol. The molecule has 1 atom stereocenters. The number of rotatable bonds is 4. The highest BCUT2D eigenvalue weighted by molar-refractivity contribution is 9.10. The van der Waals surface area contributed by atoms with Gasteiger partial charge in [0, 0.05) is 9.30 Å². The van der Waals surface area contributed by atoms with E-state index in [0.717, 1.165) is 16.6 Å². The van der Waals surface area contributed by atoms with Gasteiger partial charge in [-0.2, -0.15) is 0 Å². The molecule has 2 rings (SSSR count). The standard InChI is InChI=1S/C15H14Br2O/c1-18-15-8-3-2-5-12(15)10-14(17)11-6-4-7-13(16)9-11/h2-9,14H,10H2,1H3. The molecule has 0 aromatic heterocycles. The van der Waals surface area contributed by atoms with Crippen molar-refractivity contribution in [2.75, 3.05) is 7.11 Å². The Hall–Kier alpha value is -0.800. The maximum Gasteiger partial charge on any atom is 0.122 e. The molecule has 2 aromatic rings. The molecule has 18 heavy (non-hydrogen) atoms. The van der Waals surface area contributed by atoms with Gasteiger partial charge in [-0.15, -0.1) is 0 Å². The third-order valence-corrected chi connectivity index (χ3v) is 4.15. The van der Waals surface area contributed by atoms with Crippen molar-refractivity contribution < 1.29 is 4.74 Å². The number of hydrogen-bond donors (Lipinski definition) is 0. The summed E-state index contributed by atoms with van der Waals surface area (Å²) in [5, 5.41) is 0. The Balaban J connectivity index is 2.18. The molecule has 3 heteroatoms. The summed E-state index contributed by atoms with van der Waals surface area (Å²) in [5.41, 5.74) is 2.47. The van der Waals surface area contributed by atoms with Crippen LogP contribution >= 0.6 is 31.9 Å². The summed E-state index contributed by atoms with van der Waals surface area (Å²) in [4.78, 5) is 0.284. The summed E-state index contributed by atoms with van der Waals surface area (Å²) in [6.07, 6.45) is 0.903. The second-order valence-corrected chi connectivity index (χ2v) is 6.06. The Labute approximate surface area is 124 Å². The lowest BCUT2D eigenvalue weighted by molar-refractivity contribution is 0.409. The normalized spacial score (nSPS) is 12.2. The molecule has 0 bridgehead atoms. The van der Waals surface area contributed by atoms with E-state index in [4.69, 9.17) is 4.74 Å². The van der Waals surface area contributed by atoms with E-state index in [1.807, 2.05) is 24.3 Å². The van der Waals surface area contributed by atoms with Gasteiger partial charge in [-0.05, 0) is 35.7 Å². The van der Waals surface area contributed by atoms with Crippen LogP contribution in [0.3, 0.4) is 0 Å². The Morgan fingerprint density at radius 2 is 1.89 bits per heavy atom. The molecule has 0 amide bonds. The van der Waals surface area contributed by atoms with E-state index in [-0.39, 0.29) is 4.83 Å². The second-order valence-electron chi connectivity index (χ2n) is 4.04. The lowest BCUT2D eigenvalue weighted by Crippen LogP contribution is -1.98. The first-order chi connectivity index (χ1) is 8.70. The predicted octanol–water partition coefficient (Wildman–Crippen LogP) is 5.14. The zero-order chi connectivity index (χ0) is 13.0. The number of benzene rings is 2. The summed E-state index contributed by atoms with van der Waals surface area (Å²) in [6.45, 7) is 0. The molecule has 0 aliphatic rings. The van der Waals surface area contributed by atoms with Gasteiger partial charge in [0.1, 0.15) is 5.75 Å². The average Bonchev–Trinajstić information content (AvgIpc) is 2.39. The second kappa shape index (κ2) is 6.39. The first-order valence-electron chi connectivity index (χ1n) is 5.72. The SMILES string of the molecule is COc1ccccc1CC(Br)c1cccc(Br)c1. The van der Waals surface area contributed by atoms with Gasteiger partial charge in [0.2, 0.25) is 0 Å². The van der Waals surface area contributed by atoms with Gasteiger partial charge in [0.05, 0.1) is 7.11 Å². The first-order valence-corrected chi connectivity index (χ1v) is 7.43. The average molecular weight is 370 g/mol. The highest BCUT2D eigenvalue weighted by Crippen LogP contribution is 2.31. The minimum atomic E-state index is 0.284. The molecule has 0 saturated heterocycles. The van der Waals surface area contributed by atoms with Crippen molar-refractivity contribution in [1.29, 1.82) is 0 Å². The van der Waals surface area contributed by atoms with Crippen LogP contribution in [-0.2, 0) is 6.42 Å². The summed E-state index contributed by atoms with van der Waals surface area (Å²) < 4.78 is 6.48. The Morgan fingerprint density at radius 1 is 1.11 bits per heavy atom. The van der Waals surface area contributed by atoms with Crippen LogP contribution in [-0.4, -0.2) is 7.11 Å². The Morgan fingerprint density at radius 3 is 2.61 bits per heavy atom. The van der Waals surface area contributed by atoms with Gasteiger partial charge in [0.15, 0.2) is 0 Å². The monoisotopic (exact) mass is 368 g/mol. The maximum atomic E-state index is 5.38. The van der Waals surface area contributed by atoms with E-state index < -0.39 is 0 Å². The van der Waals surface area contributed by atoms with Crippen molar-refractivity contribution in [1.82, 2.24) is 0 Å². The summed E-state index contributed by atoms with van der Waals surface area (Å²) in [6, 6.07) is 16.5. The van der Waals surface area contributed by atoms with Crippen molar-refractivity contribution in [3.8, 4) is 5.75 Å². The summed E-state index contributed by atoms with van der Waals surface area (Å²) >= 11 is 7.24. The van der Waals surface area contributed by atoms with E-state index in [1.165, 1.54) is 11.1 Å². The first kappa shape index (κ1) is 13.6. The number of para-hydroxylation sites is 1. The third kappa shape index (κ3) is 3.36. The summed E-state index contributed by atoms with van der Waals surface area (Å²) in [7, 11) is 1.71. The Kier molecular flexibility index (Phi) is 4.84. The van der Waals surface area contributed by atoms with Crippen LogP contribution in [0.15, 0.2) is 53.0 Å². The van der Waals surface area contributed by atoms with Crippen LogP contribution in [0.1, 0.15) is 16.0 Å². The molecule has 0 aliphatic heterocycles. The van der Waals surface area contributed by atoms with Crippen LogP contribution in [0.25, 0.3) is 0 Å². The topological polar surface area (TPSA) is 9.23 Å². The smallest absolute Gasteiger partial charge is 0.122 e. The third-order valence-electron chi connectivity index (χ3n) is 2.80. The number of ether oxygens (including phenoxy) is 1. The minimum absolute atomic E-state index is 0.284. The molecule has 1 nitrogen and oxygen atoms in total. The molecule has 0 N–H and O–H groups in total. The van der Waals surface area contributed by atoms with Crippen molar-refractivity contribution in [2.45, 2.75) is 11.2 Å². The molecule has 0 heterocycles. The molecule has 0 aliphatic carbocycles. The van der Waals surface area contributed by atoms with Crippen LogP contribution < -0.4 is 4.74 Å². The molecule has 0 saturated carbocycles. The largest absolute Gasteiger partial charge is 0.496 e. The molecular weight excluding hydrogens is 356 g/mol. The minimum Gasteiger partial charge on any atom is -0.496 e. The van der Waals surface area contributed by atoms with E-state index in [1.54, 1.807) is 7.11 Å². The molecule has 94 valence electrons. The van der Waals surface area contributed by atoms with Gasteiger partial charge >= 0.3 is 0 Å². The number of alkyl halides is 1. The van der Waals surface area contributed by atoms with E-state index >= 15 is 0 Å². The van der Waals surface area contributed by atoms with Gasteiger partial charge in [-0.1, -0.05) is 62.2 Å². The highest BCUT2D eigenvalue weighted by atomic mass is 79.9. The van der Waals surface area contributed by atoms with Crippen molar-refractivity contribution in [2.24, 2.45) is 0 Å². The lowest BCUT2D eigenvalue weighted by atomic mass is 10.0. The molecule has 1 unspecified atom stereocenters. The fourth-order valence-corrected chi connectivity index (χ4v) is 2.93. The zero-order valence-corrected chi connectivity index (χ0v) is 13.2. The molecule has 0 spiro atoms. The van der Waals surface area contributed by atoms with Gasteiger partial charge in [-0.3, -0.25) is 0 Å². The van der Waals surface area contributed by atoms with Crippen LogP contribution in [0.2, 0.25) is 0 Å². The number of hydrogen-bond acceptors (Lipinski definition) is 1. The number of methoxy groups -OCH3 is 1. The maximum absolute atomic E-state index is 5.38. The fourth-order valence-electron chi connectivity index (χ4n) is 1.88. The van der Waals surface area contributed by atoms with Crippen molar-refractivity contribution in [3.05, 3.63) is 64.1 Å². The van der Waals surface area contributed by atoms with Gasteiger partial charge in [0.25, 0.3) is 0 Å². The van der Waals surface area contributed by atoms with Crippen LogP contribution in [0, 0.1) is 0 Å². The molecule has 0 radical (unpaired) electrons. The Bertz CT molecular complexity index is 525. The van der Waals surface area contributed by atoms with Gasteiger partial charge in [-0.25, -0.2) is 0 Å². The van der Waals surface area contributed by atoms with E-state index in [0.29, 0.717) is 0 Å². The van der Waals surface area contributed by atoms with Crippen molar-refractivity contribution >= 4 is 31.9 Å². The highest BCUT2D eigenvalue weighted by Gasteiger charge is 2.11. The van der Waals surface area contributed by atoms with E-state index in [2.05, 4.69) is 56.1 Å².